The van der Waals surface area contributed by atoms with E-state index in [0.29, 0.717) is 18.4 Å². The van der Waals surface area contributed by atoms with Gasteiger partial charge in [0.15, 0.2) is 0 Å². The van der Waals surface area contributed by atoms with E-state index in [9.17, 15) is 4.79 Å². The number of carbonyl (C=O) groups is 1. The molecule has 0 unspecified atom stereocenters. The summed E-state index contributed by atoms with van der Waals surface area (Å²) in [7, 11) is 0. The smallest absolute Gasteiger partial charge is 0.222 e. The molecule has 4 heterocycles. The van der Waals surface area contributed by atoms with E-state index >= 15 is 0 Å². The Morgan fingerprint density at radius 2 is 2.04 bits per heavy atom. The number of ether oxygens (including phenoxy) is 1. The molecule has 4 rings (SSSR count). The zero-order valence-electron chi connectivity index (χ0n) is 16.5. The fourth-order valence-electron chi connectivity index (χ4n) is 4.90. The molecule has 1 atom stereocenters. The van der Waals surface area contributed by atoms with Crippen LogP contribution < -0.4 is 4.74 Å². The lowest BCUT2D eigenvalue weighted by Crippen LogP contribution is -2.52. The Bertz CT molecular complexity index is 740. The third-order valence-corrected chi connectivity index (χ3v) is 6.47. The standard InChI is InChI=1S/C21H30N4O2/c1-4-9-25-14-21(6-5-19(25)26)7-10-24(11-8-21)13-17-12-18-15(2)22-16(3)23-20(18)27-17/h4,17H,1,5-14H2,2-3H3/t17-/m0/s1. The molecule has 3 aliphatic heterocycles. The van der Waals surface area contributed by atoms with Crippen LogP contribution in [-0.4, -0.2) is 64.5 Å². The Morgan fingerprint density at radius 3 is 2.78 bits per heavy atom. The number of hydrogen-bond acceptors (Lipinski definition) is 5. The van der Waals surface area contributed by atoms with E-state index in [2.05, 4.69) is 21.4 Å². The molecule has 6 nitrogen and oxygen atoms in total. The van der Waals surface area contributed by atoms with Crippen LogP contribution in [0.4, 0.5) is 0 Å². The van der Waals surface area contributed by atoms with Crippen molar-refractivity contribution >= 4 is 5.91 Å². The molecule has 3 aliphatic rings. The van der Waals surface area contributed by atoms with Crippen molar-refractivity contribution in [2.75, 3.05) is 32.7 Å². The topological polar surface area (TPSA) is 58.6 Å². The van der Waals surface area contributed by atoms with Gasteiger partial charge in [-0.25, -0.2) is 4.98 Å². The molecule has 1 amide bonds. The number of hydrogen-bond donors (Lipinski definition) is 0. The summed E-state index contributed by atoms with van der Waals surface area (Å²) in [5.74, 6) is 1.85. The van der Waals surface area contributed by atoms with Gasteiger partial charge in [-0.15, -0.1) is 6.58 Å². The van der Waals surface area contributed by atoms with Crippen LogP contribution in [0.1, 0.15) is 42.8 Å². The number of carbonyl (C=O) groups excluding carboxylic acids is 1. The van der Waals surface area contributed by atoms with Gasteiger partial charge in [0.2, 0.25) is 11.8 Å². The molecule has 0 aliphatic carbocycles. The molecule has 1 spiro atoms. The summed E-state index contributed by atoms with van der Waals surface area (Å²) in [4.78, 5) is 25.5. The van der Waals surface area contributed by atoms with Gasteiger partial charge in [-0.3, -0.25) is 9.69 Å². The largest absolute Gasteiger partial charge is 0.472 e. The van der Waals surface area contributed by atoms with Gasteiger partial charge in [0, 0.05) is 43.7 Å². The maximum absolute atomic E-state index is 12.1. The fourth-order valence-corrected chi connectivity index (χ4v) is 4.90. The van der Waals surface area contributed by atoms with Crippen LogP contribution >= 0.6 is 0 Å². The lowest BCUT2D eigenvalue weighted by Gasteiger charge is -2.47. The Kier molecular flexibility index (Phi) is 4.93. The fraction of sp³-hybridized carbons (Fsp3) is 0.667. The molecule has 2 saturated heterocycles. The number of rotatable bonds is 4. The van der Waals surface area contributed by atoms with Crippen molar-refractivity contribution in [3.8, 4) is 5.88 Å². The summed E-state index contributed by atoms with van der Waals surface area (Å²) in [6.07, 6.45) is 6.96. The molecule has 1 aromatic rings. The monoisotopic (exact) mass is 370 g/mol. The molecule has 0 saturated carbocycles. The Balaban J connectivity index is 1.32. The summed E-state index contributed by atoms with van der Waals surface area (Å²) >= 11 is 0. The van der Waals surface area contributed by atoms with E-state index in [4.69, 9.17) is 4.74 Å². The first-order valence-electron chi connectivity index (χ1n) is 10.1. The van der Waals surface area contributed by atoms with E-state index in [1.807, 2.05) is 24.8 Å². The predicted molar refractivity (Wildman–Crippen MR) is 104 cm³/mol. The van der Waals surface area contributed by atoms with Gasteiger partial charge in [0.1, 0.15) is 11.9 Å². The number of likely N-dealkylation sites (tertiary alicyclic amines) is 2. The summed E-state index contributed by atoms with van der Waals surface area (Å²) in [5, 5.41) is 0. The minimum Gasteiger partial charge on any atom is -0.472 e. The van der Waals surface area contributed by atoms with E-state index < -0.39 is 0 Å². The third kappa shape index (κ3) is 3.72. The average Bonchev–Trinajstić information content (AvgIpc) is 3.03. The maximum Gasteiger partial charge on any atom is 0.222 e. The van der Waals surface area contributed by atoms with Crippen LogP contribution in [0.25, 0.3) is 0 Å². The SMILES string of the molecule is C=CCN1CC2(CCC1=O)CCN(C[C@@H]1Cc3c(C)nc(C)nc3O1)CC2. The van der Waals surface area contributed by atoms with Crippen LogP contribution in [-0.2, 0) is 11.2 Å². The highest BCUT2D eigenvalue weighted by molar-refractivity contribution is 5.77. The summed E-state index contributed by atoms with van der Waals surface area (Å²) in [6.45, 7) is 12.4. The lowest BCUT2D eigenvalue weighted by molar-refractivity contribution is -0.138. The van der Waals surface area contributed by atoms with Crippen LogP contribution in [0.3, 0.4) is 0 Å². The highest BCUT2D eigenvalue weighted by Crippen LogP contribution is 2.40. The number of amides is 1. The summed E-state index contributed by atoms with van der Waals surface area (Å²) in [5.41, 5.74) is 2.52. The molecule has 0 bridgehead atoms. The van der Waals surface area contributed by atoms with Gasteiger partial charge < -0.3 is 9.64 Å². The number of aryl methyl sites for hydroxylation is 2. The van der Waals surface area contributed by atoms with Crippen LogP contribution in [0, 0.1) is 19.3 Å². The second-order valence-electron chi connectivity index (χ2n) is 8.45. The van der Waals surface area contributed by atoms with Crippen molar-refractivity contribution in [2.24, 2.45) is 5.41 Å². The quantitative estimate of drug-likeness (QED) is 0.761. The molecule has 0 radical (unpaired) electrons. The third-order valence-electron chi connectivity index (χ3n) is 6.47. The van der Waals surface area contributed by atoms with Crippen molar-refractivity contribution in [3.05, 3.63) is 29.7 Å². The molecule has 146 valence electrons. The highest BCUT2D eigenvalue weighted by atomic mass is 16.5. The zero-order valence-corrected chi connectivity index (χ0v) is 16.5. The van der Waals surface area contributed by atoms with E-state index in [1.54, 1.807) is 0 Å². The van der Waals surface area contributed by atoms with E-state index in [0.717, 1.165) is 69.3 Å². The maximum atomic E-state index is 12.1. The summed E-state index contributed by atoms with van der Waals surface area (Å²) < 4.78 is 6.11. The van der Waals surface area contributed by atoms with Gasteiger partial charge in [-0.05, 0) is 51.6 Å². The van der Waals surface area contributed by atoms with Gasteiger partial charge in [0.25, 0.3) is 0 Å². The second kappa shape index (κ2) is 7.23. The van der Waals surface area contributed by atoms with Crippen molar-refractivity contribution < 1.29 is 9.53 Å². The second-order valence-corrected chi connectivity index (χ2v) is 8.45. The summed E-state index contributed by atoms with van der Waals surface area (Å²) in [6, 6.07) is 0. The minimum absolute atomic E-state index is 0.175. The molecule has 1 aromatic heterocycles. The normalized spacial score (nSPS) is 24.7. The number of piperidine rings is 2. The zero-order chi connectivity index (χ0) is 19.0. The number of aromatic nitrogens is 2. The number of nitrogens with zero attached hydrogens (tertiary/aromatic N) is 4. The van der Waals surface area contributed by atoms with Crippen molar-refractivity contribution in [2.45, 2.75) is 52.1 Å². The van der Waals surface area contributed by atoms with Crippen molar-refractivity contribution in [3.63, 3.8) is 0 Å². The Labute approximate surface area is 161 Å². The van der Waals surface area contributed by atoms with Crippen molar-refractivity contribution in [1.29, 1.82) is 0 Å². The van der Waals surface area contributed by atoms with Crippen LogP contribution in [0.15, 0.2) is 12.7 Å². The predicted octanol–water partition coefficient (Wildman–Crippen LogP) is 2.29. The van der Waals surface area contributed by atoms with Gasteiger partial charge in [-0.1, -0.05) is 6.08 Å². The molecule has 27 heavy (non-hydrogen) atoms. The molecule has 2 fully saturated rings. The van der Waals surface area contributed by atoms with Gasteiger partial charge in [-0.2, -0.15) is 4.98 Å². The van der Waals surface area contributed by atoms with Crippen LogP contribution in [0.2, 0.25) is 0 Å². The first-order valence-corrected chi connectivity index (χ1v) is 10.1. The number of fused-ring (bicyclic) bond motifs is 1. The first-order chi connectivity index (χ1) is 13.0. The van der Waals surface area contributed by atoms with Gasteiger partial charge >= 0.3 is 0 Å². The van der Waals surface area contributed by atoms with E-state index in [-0.39, 0.29) is 12.0 Å². The first kappa shape index (κ1) is 18.4. The van der Waals surface area contributed by atoms with Crippen LogP contribution in [0.5, 0.6) is 5.88 Å². The molecule has 0 aromatic carbocycles. The molecular formula is C21H30N4O2. The minimum atomic E-state index is 0.175. The lowest BCUT2D eigenvalue weighted by atomic mass is 9.72. The van der Waals surface area contributed by atoms with E-state index in [1.165, 1.54) is 5.56 Å². The molecular weight excluding hydrogens is 340 g/mol. The Hall–Kier alpha value is -1.95. The molecule has 6 heteroatoms. The Morgan fingerprint density at radius 1 is 1.26 bits per heavy atom. The van der Waals surface area contributed by atoms with Crippen molar-refractivity contribution in [1.82, 2.24) is 19.8 Å². The molecule has 0 N–H and O–H groups in total. The average molecular weight is 370 g/mol. The van der Waals surface area contributed by atoms with Gasteiger partial charge in [0.05, 0.1) is 0 Å². The highest BCUT2D eigenvalue weighted by Gasteiger charge is 2.41.